The Morgan fingerprint density at radius 1 is 1.35 bits per heavy atom. The summed E-state index contributed by atoms with van der Waals surface area (Å²) in [5.74, 6) is 0. The molecule has 0 fully saturated rings. The summed E-state index contributed by atoms with van der Waals surface area (Å²) in [6.07, 6.45) is -5.19. The highest BCUT2D eigenvalue weighted by Crippen LogP contribution is 2.31. The Kier molecular flexibility index (Phi) is 5.35. The van der Waals surface area contributed by atoms with E-state index in [0.717, 1.165) is 10.7 Å². The first-order chi connectivity index (χ1) is 10.3. The highest BCUT2D eigenvalue weighted by molar-refractivity contribution is 5.67. The van der Waals surface area contributed by atoms with Crippen LogP contribution in [0.15, 0.2) is 6.07 Å². The molecule has 0 saturated heterocycles. The van der Waals surface area contributed by atoms with Crippen molar-refractivity contribution in [2.24, 2.45) is 12.8 Å². The lowest BCUT2D eigenvalue weighted by atomic mass is 9.86. The van der Waals surface area contributed by atoms with Crippen LogP contribution >= 0.6 is 0 Å². The predicted molar refractivity (Wildman–Crippen MR) is 78.9 cm³/mol. The van der Waals surface area contributed by atoms with Crippen LogP contribution in [0.4, 0.5) is 18.0 Å². The first kappa shape index (κ1) is 19.3. The van der Waals surface area contributed by atoms with Crippen LogP contribution < -0.4 is 11.1 Å². The quantitative estimate of drug-likeness (QED) is 0.883. The van der Waals surface area contributed by atoms with Gasteiger partial charge in [-0.15, -0.1) is 0 Å². The van der Waals surface area contributed by atoms with Crippen molar-refractivity contribution in [1.82, 2.24) is 15.1 Å². The van der Waals surface area contributed by atoms with Gasteiger partial charge in [0.05, 0.1) is 0 Å². The second-order valence-corrected chi connectivity index (χ2v) is 6.66. The molecular formula is C14H23F3N4O2. The van der Waals surface area contributed by atoms with Gasteiger partial charge >= 0.3 is 12.3 Å². The van der Waals surface area contributed by atoms with E-state index in [0.29, 0.717) is 0 Å². The maximum atomic E-state index is 12.8. The zero-order chi connectivity index (χ0) is 18.1. The molecule has 9 heteroatoms. The van der Waals surface area contributed by atoms with Gasteiger partial charge < -0.3 is 15.8 Å². The van der Waals surface area contributed by atoms with Crippen LogP contribution in [0, 0.1) is 0 Å². The average molecular weight is 336 g/mol. The topological polar surface area (TPSA) is 82.2 Å². The SMILES string of the molecule is Cn1nc(C(F)(F)F)cc1C(C)(CN)CNC(=O)OC(C)(C)C. The van der Waals surface area contributed by atoms with E-state index in [4.69, 9.17) is 10.5 Å². The number of hydrogen-bond donors (Lipinski definition) is 2. The highest BCUT2D eigenvalue weighted by atomic mass is 19.4. The number of alkyl halides is 3. The number of ether oxygens (including phenoxy) is 1. The molecule has 0 spiro atoms. The molecule has 132 valence electrons. The van der Waals surface area contributed by atoms with Crippen LogP contribution in [0.3, 0.4) is 0 Å². The predicted octanol–water partition coefficient (Wildman–Crippen LogP) is 2.18. The Morgan fingerprint density at radius 3 is 2.30 bits per heavy atom. The number of nitrogens with zero attached hydrogens (tertiary/aromatic N) is 2. The van der Waals surface area contributed by atoms with Crippen molar-refractivity contribution in [3.05, 3.63) is 17.5 Å². The van der Waals surface area contributed by atoms with Crippen molar-refractivity contribution < 1.29 is 22.7 Å². The number of carbonyl (C=O) groups is 1. The lowest BCUT2D eigenvalue weighted by molar-refractivity contribution is -0.141. The third-order valence-corrected chi connectivity index (χ3v) is 3.26. The highest BCUT2D eigenvalue weighted by Gasteiger charge is 2.38. The fourth-order valence-corrected chi connectivity index (χ4v) is 2.02. The fraction of sp³-hybridized carbons (Fsp3) is 0.714. The standard InChI is InChI=1S/C14H23F3N4O2/c1-12(2,3)23-11(22)19-8-13(4,7-18)10-6-9(14(15,16)17)20-21(10)5/h6H,7-8,18H2,1-5H3,(H,19,22). The molecule has 3 N–H and O–H groups in total. The molecule has 0 aliphatic heterocycles. The number of aryl methyl sites for hydroxylation is 1. The summed E-state index contributed by atoms with van der Waals surface area (Å²) < 4.78 is 44.6. The molecule has 0 aliphatic rings. The number of hydrogen-bond acceptors (Lipinski definition) is 4. The minimum Gasteiger partial charge on any atom is -0.444 e. The molecule has 0 aromatic carbocycles. The van der Waals surface area contributed by atoms with Gasteiger partial charge in [-0.05, 0) is 26.8 Å². The van der Waals surface area contributed by atoms with E-state index in [1.807, 2.05) is 0 Å². The summed E-state index contributed by atoms with van der Waals surface area (Å²) in [7, 11) is 1.41. The molecule has 1 aromatic rings. The molecule has 0 bridgehead atoms. The van der Waals surface area contributed by atoms with E-state index in [-0.39, 0.29) is 18.8 Å². The maximum absolute atomic E-state index is 12.8. The molecule has 1 rings (SSSR count). The summed E-state index contributed by atoms with van der Waals surface area (Å²) in [6, 6.07) is 0.948. The lowest BCUT2D eigenvalue weighted by Gasteiger charge is -2.29. The van der Waals surface area contributed by atoms with Gasteiger partial charge in [0.1, 0.15) is 5.60 Å². The van der Waals surface area contributed by atoms with Crippen molar-refractivity contribution in [3.63, 3.8) is 0 Å². The molecule has 1 aromatic heterocycles. The van der Waals surface area contributed by atoms with Gasteiger partial charge in [-0.2, -0.15) is 18.3 Å². The van der Waals surface area contributed by atoms with Crippen LogP contribution in [-0.4, -0.2) is 34.6 Å². The number of alkyl carbamates (subject to hydrolysis) is 1. The molecule has 0 saturated carbocycles. The van der Waals surface area contributed by atoms with Gasteiger partial charge in [0.25, 0.3) is 0 Å². The Balaban J connectivity index is 2.93. The first-order valence-corrected chi connectivity index (χ1v) is 7.07. The van der Waals surface area contributed by atoms with Crippen LogP contribution in [0.5, 0.6) is 0 Å². The third-order valence-electron chi connectivity index (χ3n) is 3.26. The van der Waals surface area contributed by atoms with Gasteiger partial charge in [-0.25, -0.2) is 4.79 Å². The Morgan fingerprint density at radius 2 is 1.91 bits per heavy atom. The summed E-state index contributed by atoms with van der Waals surface area (Å²) in [6.45, 7) is 6.85. The first-order valence-electron chi connectivity index (χ1n) is 7.07. The number of halogens is 3. The molecule has 1 atom stereocenters. The minimum atomic E-state index is -4.54. The molecule has 0 aliphatic carbocycles. The van der Waals surface area contributed by atoms with Crippen LogP contribution in [0.2, 0.25) is 0 Å². The van der Waals surface area contributed by atoms with Gasteiger partial charge in [0.2, 0.25) is 0 Å². The van der Waals surface area contributed by atoms with Gasteiger partial charge in [0, 0.05) is 31.2 Å². The molecule has 1 amide bonds. The number of nitrogens with two attached hydrogens (primary N) is 1. The number of amides is 1. The summed E-state index contributed by atoms with van der Waals surface area (Å²) >= 11 is 0. The monoisotopic (exact) mass is 336 g/mol. The molecule has 0 radical (unpaired) electrons. The number of carbonyl (C=O) groups excluding carboxylic acids is 1. The van der Waals surface area contributed by atoms with E-state index >= 15 is 0 Å². The van der Waals surface area contributed by atoms with Crippen molar-refractivity contribution in [2.45, 2.75) is 44.9 Å². The Labute approximate surface area is 133 Å². The smallest absolute Gasteiger partial charge is 0.435 e. The number of aromatic nitrogens is 2. The van der Waals surface area contributed by atoms with Crippen LogP contribution in [-0.2, 0) is 23.4 Å². The fourth-order valence-electron chi connectivity index (χ4n) is 2.02. The number of nitrogens with one attached hydrogen (secondary N) is 1. The second kappa shape index (κ2) is 6.38. The van der Waals surface area contributed by atoms with Gasteiger partial charge in [-0.3, -0.25) is 4.68 Å². The second-order valence-electron chi connectivity index (χ2n) is 6.66. The van der Waals surface area contributed by atoms with Crippen molar-refractivity contribution in [3.8, 4) is 0 Å². The minimum absolute atomic E-state index is 0.0231. The van der Waals surface area contributed by atoms with Gasteiger partial charge in [-0.1, -0.05) is 6.92 Å². The summed E-state index contributed by atoms with van der Waals surface area (Å²) in [4.78, 5) is 11.7. The maximum Gasteiger partial charge on any atom is 0.435 e. The molecular weight excluding hydrogens is 313 g/mol. The van der Waals surface area contributed by atoms with Gasteiger partial charge in [0.15, 0.2) is 5.69 Å². The van der Waals surface area contributed by atoms with Crippen molar-refractivity contribution in [1.29, 1.82) is 0 Å². The molecule has 1 unspecified atom stereocenters. The zero-order valence-electron chi connectivity index (χ0n) is 13.9. The van der Waals surface area contributed by atoms with E-state index in [1.165, 1.54) is 7.05 Å². The normalized spacial score (nSPS) is 15.2. The van der Waals surface area contributed by atoms with Crippen molar-refractivity contribution in [2.75, 3.05) is 13.1 Å². The zero-order valence-corrected chi connectivity index (χ0v) is 13.9. The van der Waals surface area contributed by atoms with E-state index in [1.54, 1.807) is 27.7 Å². The molecule has 6 nitrogen and oxygen atoms in total. The lowest BCUT2D eigenvalue weighted by Crippen LogP contribution is -2.46. The van der Waals surface area contributed by atoms with E-state index in [2.05, 4.69) is 10.4 Å². The Bertz CT molecular complexity index is 563. The molecule has 1 heterocycles. The largest absolute Gasteiger partial charge is 0.444 e. The average Bonchev–Trinajstić information content (AvgIpc) is 2.77. The van der Waals surface area contributed by atoms with E-state index < -0.39 is 29.0 Å². The number of rotatable bonds is 4. The summed E-state index contributed by atoms with van der Waals surface area (Å²) in [5.41, 5.74) is 3.43. The third kappa shape index (κ3) is 5.12. The van der Waals surface area contributed by atoms with Crippen LogP contribution in [0.1, 0.15) is 39.1 Å². The summed E-state index contributed by atoms with van der Waals surface area (Å²) in [5, 5.41) is 6.02. The van der Waals surface area contributed by atoms with Crippen LogP contribution in [0.25, 0.3) is 0 Å². The molecule has 23 heavy (non-hydrogen) atoms. The Hall–Kier alpha value is -1.77. The van der Waals surface area contributed by atoms with Crippen molar-refractivity contribution >= 4 is 6.09 Å². The van der Waals surface area contributed by atoms with E-state index in [9.17, 15) is 18.0 Å².